The highest BCUT2D eigenvalue weighted by molar-refractivity contribution is 7.91. The molecule has 1 aromatic carbocycles. The summed E-state index contributed by atoms with van der Waals surface area (Å²) in [4.78, 5) is 0. The van der Waals surface area contributed by atoms with Crippen LogP contribution in [0.25, 0.3) is 0 Å². The topological polar surface area (TPSA) is 107 Å². The lowest BCUT2D eigenvalue weighted by Crippen LogP contribution is -2.30. The Labute approximate surface area is 197 Å². The predicted molar refractivity (Wildman–Crippen MR) is 132 cm³/mol. The van der Waals surface area contributed by atoms with Crippen LogP contribution in [0.3, 0.4) is 0 Å². The van der Waals surface area contributed by atoms with E-state index in [2.05, 4.69) is 52.3 Å². The van der Waals surface area contributed by atoms with E-state index in [1.807, 2.05) is 18.2 Å². The van der Waals surface area contributed by atoms with Gasteiger partial charge in [-0.15, -0.1) is 11.3 Å². The molecule has 0 saturated carbocycles. The van der Waals surface area contributed by atoms with Gasteiger partial charge in [0.1, 0.15) is 0 Å². The van der Waals surface area contributed by atoms with Crippen molar-refractivity contribution < 1.29 is 13.5 Å². The minimum atomic E-state index is -3.76. The summed E-state index contributed by atoms with van der Waals surface area (Å²) in [5, 5.41) is 18.8. The van der Waals surface area contributed by atoms with Crippen molar-refractivity contribution in [3.8, 4) is 5.75 Å². The van der Waals surface area contributed by atoms with E-state index in [-0.39, 0.29) is 27.1 Å². The van der Waals surface area contributed by atoms with Gasteiger partial charge in [0, 0.05) is 18.5 Å². The van der Waals surface area contributed by atoms with Crippen molar-refractivity contribution in [1.82, 2.24) is 13.1 Å². The first-order chi connectivity index (χ1) is 15.1. The van der Waals surface area contributed by atoms with Gasteiger partial charge in [-0.05, 0) is 11.0 Å². The van der Waals surface area contributed by atoms with Crippen LogP contribution >= 0.6 is 23.1 Å². The lowest BCUT2D eigenvalue weighted by Gasteiger charge is -2.32. The number of nitrogens with one attached hydrogen (secondary N) is 2. The summed E-state index contributed by atoms with van der Waals surface area (Å²) in [7, 11) is -3.76. The summed E-state index contributed by atoms with van der Waals surface area (Å²) in [5.41, 5.74) is 1.28. The summed E-state index contributed by atoms with van der Waals surface area (Å²) in [5.74, 6) is 0.661. The smallest absolute Gasteiger partial charge is 0.256 e. The number of benzene rings is 1. The quantitative estimate of drug-likeness (QED) is 0.371. The molecule has 0 saturated heterocycles. The van der Waals surface area contributed by atoms with Gasteiger partial charge in [0.25, 0.3) is 10.0 Å². The molecule has 32 heavy (non-hydrogen) atoms. The van der Waals surface area contributed by atoms with E-state index in [4.69, 9.17) is 0 Å². The average Bonchev–Trinajstić information content (AvgIpc) is 3.33. The van der Waals surface area contributed by atoms with Crippen LogP contribution < -0.4 is 10.6 Å². The van der Waals surface area contributed by atoms with E-state index >= 15 is 0 Å². The lowest BCUT2D eigenvalue weighted by molar-refractivity contribution is 0.347. The molecular weight excluding hydrogens is 466 g/mol. The highest BCUT2D eigenvalue weighted by Gasteiger charge is 2.30. The number of aromatic hydroxyl groups is 1. The summed E-state index contributed by atoms with van der Waals surface area (Å²) >= 11 is 2.01. The molecule has 2 aromatic heterocycles. The first-order valence-electron chi connectivity index (χ1n) is 10.3. The van der Waals surface area contributed by atoms with Crippen molar-refractivity contribution >= 4 is 50.4 Å². The fourth-order valence-corrected chi connectivity index (χ4v) is 6.67. The Hall–Kier alpha value is -2.21. The number of rotatable bonds is 9. The molecule has 0 unspecified atom stereocenters. The van der Waals surface area contributed by atoms with Crippen LogP contribution in [0.15, 0.2) is 39.9 Å². The normalized spacial score (nSPS) is 13.3. The molecule has 0 amide bonds. The molecular formula is C21H29N5O3S3. The standard InChI is InChI=1S/C21H29N5O3S3/c1-6-26(7-2)32(28,29)20-16(27)15(13-30-20)22-18-19(25-31-24-18)23-17(21(3,4)5)14-11-9-8-10-12-14/h8-13,17,27H,6-7H2,1-5H3,(H,22,24)(H,23,25)/t17-/m0/s1. The SMILES string of the molecule is CCN(CC)S(=O)(=O)c1scc(Nc2nsnc2N[C@@H](c2ccccc2)C(C)(C)C)c1O. The molecule has 0 radical (unpaired) electrons. The van der Waals surface area contributed by atoms with Gasteiger partial charge in [0.05, 0.1) is 23.5 Å². The van der Waals surface area contributed by atoms with E-state index in [1.54, 1.807) is 19.2 Å². The van der Waals surface area contributed by atoms with E-state index < -0.39 is 10.0 Å². The van der Waals surface area contributed by atoms with Crippen molar-refractivity contribution in [3.05, 3.63) is 41.3 Å². The number of thiophene rings is 1. The third kappa shape index (κ3) is 5.06. The zero-order valence-electron chi connectivity index (χ0n) is 18.8. The van der Waals surface area contributed by atoms with E-state index in [1.165, 1.54) is 4.31 Å². The molecule has 3 N–H and O–H groups in total. The molecule has 0 aliphatic rings. The number of anilines is 3. The van der Waals surface area contributed by atoms with Gasteiger partial charge >= 0.3 is 0 Å². The Morgan fingerprint density at radius 3 is 2.31 bits per heavy atom. The van der Waals surface area contributed by atoms with Crippen LogP contribution in [0.1, 0.15) is 46.2 Å². The Morgan fingerprint density at radius 1 is 1.09 bits per heavy atom. The molecule has 2 heterocycles. The number of hydrogen-bond donors (Lipinski definition) is 3. The molecule has 0 fully saturated rings. The number of aromatic nitrogens is 2. The maximum Gasteiger partial charge on any atom is 0.256 e. The fraction of sp³-hybridized carbons (Fsp3) is 0.429. The van der Waals surface area contributed by atoms with Crippen LogP contribution in [0, 0.1) is 5.41 Å². The third-order valence-corrected chi connectivity index (χ3v) is 9.10. The van der Waals surface area contributed by atoms with E-state index in [0.717, 1.165) is 28.6 Å². The van der Waals surface area contributed by atoms with Crippen LogP contribution in [0.4, 0.5) is 17.3 Å². The van der Waals surface area contributed by atoms with Crippen molar-refractivity contribution in [2.24, 2.45) is 5.41 Å². The van der Waals surface area contributed by atoms with Gasteiger partial charge in [-0.3, -0.25) is 0 Å². The molecule has 3 rings (SSSR count). The highest BCUT2D eigenvalue weighted by atomic mass is 32.2. The van der Waals surface area contributed by atoms with E-state index in [9.17, 15) is 13.5 Å². The van der Waals surface area contributed by atoms with E-state index in [0.29, 0.717) is 24.7 Å². The molecule has 11 heteroatoms. The molecule has 3 aromatic rings. The average molecular weight is 496 g/mol. The monoisotopic (exact) mass is 495 g/mol. The fourth-order valence-electron chi connectivity index (χ4n) is 3.36. The van der Waals surface area contributed by atoms with Gasteiger partial charge in [0.2, 0.25) is 0 Å². The summed E-state index contributed by atoms with van der Waals surface area (Å²) in [6, 6.07) is 10.0. The second-order valence-electron chi connectivity index (χ2n) is 8.32. The molecule has 1 atom stereocenters. The summed E-state index contributed by atoms with van der Waals surface area (Å²) in [6.45, 7) is 10.6. The van der Waals surface area contributed by atoms with Crippen LogP contribution in [0.5, 0.6) is 5.75 Å². The first-order valence-corrected chi connectivity index (χ1v) is 13.4. The van der Waals surface area contributed by atoms with Gasteiger partial charge in [-0.1, -0.05) is 65.0 Å². The Morgan fingerprint density at radius 2 is 1.72 bits per heavy atom. The van der Waals surface area contributed by atoms with Crippen LogP contribution in [-0.2, 0) is 10.0 Å². The second kappa shape index (κ2) is 9.74. The third-order valence-electron chi connectivity index (χ3n) is 5.03. The van der Waals surface area contributed by atoms with Crippen molar-refractivity contribution in [2.45, 2.75) is 44.9 Å². The number of nitrogens with zero attached hydrogens (tertiary/aromatic N) is 3. The summed E-state index contributed by atoms with van der Waals surface area (Å²) < 4.78 is 35.6. The second-order valence-corrected chi connectivity index (χ2v) is 11.9. The Balaban J connectivity index is 1.88. The molecule has 0 aliphatic heterocycles. The largest absolute Gasteiger partial charge is 0.504 e. The van der Waals surface area contributed by atoms with Gasteiger partial charge in [0.15, 0.2) is 21.6 Å². The van der Waals surface area contributed by atoms with Crippen molar-refractivity contribution in [1.29, 1.82) is 0 Å². The minimum absolute atomic E-state index is 0.0390. The summed E-state index contributed by atoms with van der Waals surface area (Å²) in [6.07, 6.45) is 0. The minimum Gasteiger partial charge on any atom is -0.504 e. The molecule has 0 bridgehead atoms. The van der Waals surface area contributed by atoms with Gasteiger partial charge in [-0.2, -0.15) is 13.1 Å². The molecule has 174 valence electrons. The van der Waals surface area contributed by atoms with Crippen molar-refractivity contribution in [3.63, 3.8) is 0 Å². The zero-order chi connectivity index (χ0) is 23.5. The molecule has 0 spiro atoms. The zero-order valence-corrected chi connectivity index (χ0v) is 21.2. The Bertz CT molecular complexity index is 1130. The van der Waals surface area contributed by atoms with Crippen LogP contribution in [-0.4, -0.2) is 39.7 Å². The predicted octanol–water partition coefficient (Wildman–Crippen LogP) is 5.28. The van der Waals surface area contributed by atoms with Gasteiger partial charge < -0.3 is 15.7 Å². The highest BCUT2D eigenvalue weighted by Crippen LogP contribution is 2.42. The van der Waals surface area contributed by atoms with Crippen LogP contribution in [0.2, 0.25) is 0 Å². The first kappa shape index (κ1) is 24.4. The van der Waals surface area contributed by atoms with Gasteiger partial charge in [-0.25, -0.2) is 8.42 Å². The maximum atomic E-state index is 12.8. The molecule has 8 nitrogen and oxygen atoms in total. The molecule has 0 aliphatic carbocycles. The Kier molecular flexibility index (Phi) is 7.43. The number of sulfonamides is 1. The lowest BCUT2D eigenvalue weighted by atomic mass is 9.82. The maximum absolute atomic E-state index is 12.8. The van der Waals surface area contributed by atoms with Crippen molar-refractivity contribution in [2.75, 3.05) is 23.7 Å². The number of hydrogen-bond acceptors (Lipinski definition) is 9.